The highest BCUT2D eigenvalue weighted by Gasteiger charge is 2.13. The number of carbonyl (C=O) groups excluding carboxylic acids is 1. The summed E-state index contributed by atoms with van der Waals surface area (Å²) in [5.74, 6) is 1.46. The van der Waals surface area contributed by atoms with Gasteiger partial charge in [0.15, 0.2) is 5.78 Å². The van der Waals surface area contributed by atoms with Gasteiger partial charge in [-0.05, 0) is 37.0 Å². The molecule has 1 aromatic rings. The van der Waals surface area contributed by atoms with Gasteiger partial charge in [-0.2, -0.15) is 0 Å². The Kier molecular flexibility index (Phi) is 6.21. The maximum atomic E-state index is 11.5. The van der Waals surface area contributed by atoms with Crippen LogP contribution < -0.4 is 0 Å². The van der Waals surface area contributed by atoms with Crippen molar-refractivity contribution in [1.29, 1.82) is 0 Å². The highest BCUT2D eigenvalue weighted by atomic mass is 16.3. The maximum Gasteiger partial charge on any atom is 0.159 e. The molecule has 1 aromatic carbocycles. The first-order valence-electron chi connectivity index (χ1n) is 7.34. The third-order valence-corrected chi connectivity index (χ3v) is 3.13. The van der Waals surface area contributed by atoms with Crippen molar-refractivity contribution < 1.29 is 9.90 Å². The van der Waals surface area contributed by atoms with Crippen LogP contribution in [0.1, 0.15) is 50.5 Å². The summed E-state index contributed by atoms with van der Waals surface area (Å²) in [5.41, 5.74) is 1.49. The number of hydrogen-bond acceptors (Lipinski definition) is 3. The lowest BCUT2D eigenvalue weighted by Gasteiger charge is -2.26. The van der Waals surface area contributed by atoms with E-state index in [0.717, 1.165) is 18.7 Å². The first kappa shape index (κ1) is 16.7. The molecule has 3 heteroatoms. The quantitative estimate of drug-likeness (QED) is 0.772. The monoisotopic (exact) mass is 277 g/mol. The molecule has 3 nitrogen and oxygen atoms in total. The summed E-state index contributed by atoms with van der Waals surface area (Å²) in [6.07, 6.45) is 0. The molecular formula is C17H27NO2. The van der Waals surface area contributed by atoms with Gasteiger partial charge in [0.05, 0.1) is 0 Å². The Labute approximate surface area is 122 Å². The zero-order valence-corrected chi connectivity index (χ0v) is 13.3. The standard InChI is InChI=1S/C17H27NO2/c1-12(2)9-18(10-13(3)4)11-16-8-15(14(5)19)6-7-17(16)20/h6-8,12-13,20H,9-11H2,1-5H3. The van der Waals surface area contributed by atoms with Crippen molar-refractivity contribution in [2.45, 2.75) is 41.2 Å². The molecule has 0 heterocycles. The molecule has 0 aromatic heterocycles. The second-order valence-electron chi connectivity index (χ2n) is 6.38. The SMILES string of the molecule is CC(=O)c1ccc(O)c(CN(CC(C)C)CC(C)C)c1. The smallest absolute Gasteiger partial charge is 0.159 e. The minimum atomic E-state index is 0.0329. The van der Waals surface area contributed by atoms with Crippen LogP contribution in [-0.2, 0) is 6.54 Å². The largest absolute Gasteiger partial charge is 0.508 e. The zero-order chi connectivity index (χ0) is 15.3. The van der Waals surface area contributed by atoms with Crippen molar-refractivity contribution in [3.8, 4) is 5.75 Å². The number of hydrogen-bond donors (Lipinski definition) is 1. The van der Waals surface area contributed by atoms with Gasteiger partial charge in [-0.3, -0.25) is 9.69 Å². The van der Waals surface area contributed by atoms with Crippen LogP contribution in [0.5, 0.6) is 5.75 Å². The molecule has 0 bridgehead atoms. The highest BCUT2D eigenvalue weighted by Crippen LogP contribution is 2.21. The first-order chi connectivity index (χ1) is 9.29. The number of nitrogens with zero attached hydrogens (tertiary/aromatic N) is 1. The van der Waals surface area contributed by atoms with Crippen molar-refractivity contribution in [1.82, 2.24) is 4.90 Å². The number of Topliss-reactive ketones (excluding diaryl/α,β-unsaturated/α-hetero) is 1. The van der Waals surface area contributed by atoms with Gasteiger partial charge in [0, 0.05) is 30.8 Å². The molecule has 112 valence electrons. The van der Waals surface area contributed by atoms with E-state index in [-0.39, 0.29) is 11.5 Å². The fourth-order valence-corrected chi connectivity index (χ4v) is 2.41. The Balaban J connectivity index is 2.91. The van der Waals surface area contributed by atoms with Crippen molar-refractivity contribution in [2.75, 3.05) is 13.1 Å². The van der Waals surface area contributed by atoms with Crippen LogP contribution in [0.25, 0.3) is 0 Å². The molecule has 20 heavy (non-hydrogen) atoms. The van der Waals surface area contributed by atoms with Gasteiger partial charge in [-0.25, -0.2) is 0 Å². The Hall–Kier alpha value is -1.35. The zero-order valence-electron chi connectivity index (χ0n) is 13.3. The molecule has 0 atom stereocenters. The second-order valence-corrected chi connectivity index (χ2v) is 6.38. The third-order valence-electron chi connectivity index (χ3n) is 3.13. The van der Waals surface area contributed by atoms with E-state index in [9.17, 15) is 9.90 Å². The first-order valence-corrected chi connectivity index (χ1v) is 7.34. The van der Waals surface area contributed by atoms with Gasteiger partial charge in [0.1, 0.15) is 5.75 Å². The fraction of sp³-hybridized carbons (Fsp3) is 0.588. The molecular weight excluding hydrogens is 250 g/mol. The van der Waals surface area contributed by atoms with Crippen molar-refractivity contribution in [3.63, 3.8) is 0 Å². The lowest BCUT2D eigenvalue weighted by Crippen LogP contribution is -2.31. The number of rotatable bonds is 7. The van der Waals surface area contributed by atoms with Gasteiger partial charge in [-0.15, -0.1) is 0 Å². The molecule has 1 rings (SSSR count). The van der Waals surface area contributed by atoms with E-state index in [1.165, 1.54) is 0 Å². The summed E-state index contributed by atoms with van der Waals surface area (Å²) in [6.45, 7) is 13.0. The second kappa shape index (κ2) is 7.44. The average molecular weight is 277 g/mol. The van der Waals surface area contributed by atoms with Crippen molar-refractivity contribution in [3.05, 3.63) is 29.3 Å². The van der Waals surface area contributed by atoms with Crippen molar-refractivity contribution >= 4 is 5.78 Å². The maximum absolute atomic E-state index is 11.5. The van der Waals surface area contributed by atoms with Gasteiger partial charge < -0.3 is 5.11 Å². The average Bonchev–Trinajstić information content (AvgIpc) is 2.29. The highest BCUT2D eigenvalue weighted by molar-refractivity contribution is 5.94. The van der Waals surface area contributed by atoms with Gasteiger partial charge in [0.2, 0.25) is 0 Å². The summed E-state index contributed by atoms with van der Waals surface area (Å²) in [7, 11) is 0. The van der Waals surface area contributed by atoms with Crippen LogP contribution >= 0.6 is 0 Å². The Morgan fingerprint density at radius 2 is 1.70 bits per heavy atom. The Morgan fingerprint density at radius 1 is 1.15 bits per heavy atom. The van der Waals surface area contributed by atoms with E-state index in [2.05, 4.69) is 32.6 Å². The number of aromatic hydroxyl groups is 1. The van der Waals surface area contributed by atoms with Crippen LogP contribution in [-0.4, -0.2) is 28.9 Å². The van der Waals surface area contributed by atoms with E-state index < -0.39 is 0 Å². The number of ketones is 1. The minimum absolute atomic E-state index is 0.0329. The molecule has 0 spiro atoms. The molecule has 0 saturated heterocycles. The van der Waals surface area contributed by atoms with Gasteiger partial charge in [0.25, 0.3) is 0 Å². The van der Waals surface area contributed by atoms with Crippen molar-refractivity contribution in [2.24, 2.45) is 11.8 Å². The molecule has 1 N–H and O–H groups in total. The van der Waals surface area contributed by atoms with E-state index in [1.807, 2.05) is 6.07 Å². The Morgan fingerprint density at radius 3 is 2.15 bits per heavy atom. The van der Waals surface area contributed by atoms with E-state index in [4.69, 9.17) is 0 Å². The molecule has 0 aliphatic carbocycles. The van der Waals surface area contributed by atoms with Crippen LogP contribution in [0.3, 0.4) is 0 Å². The van der Waals surface area contributed by atoms with E-state index in [1.54, 1.807) is 19.1 Å². The third kappa shape index (κ3) is 5.33. The summed E-state index contributed by atoms with van der Waals surface area (Å²) in [4.78, 5) is 13.8. The normalized spacial score (nSPS) is 11.6. The van der Waals surface area contributed by atoms with Crippen LogP contribution in [0, 0.1) is 11.8 Å². The molecule has 0 saturated carbocycles. The van der Waals surface area contributed by atoms with Crippen LogP contribution in [0.15, 0.2) is 18.2 Å². The number of carbonyl (C=O) groups is 1. The van der Waals surface area contributed by atoms with E-state index in [0.29, 0.717) is 23.9 Å². The minimum Gasteiger partial charge on any atom is -0.508 e. The topological polar surface area (TPSA) is 40.5 Å². The molecule has 0 amide bonds. The van der Waals surface area contributed by atoms with Gasteiger partial charge in [-0.1, -0.05) is 27.7 Å². The van der Waals surface area contributed by atoms with E-state index >= 15 is 0 Å². The summed E-state index contributed by atoms with van der Waals surface area (Å²) in [6, 6.07) is 5.11. The molecule has 0 fully saturated rings. The lowest BCUT2D eigenvalue weighted by atomic mass is 10.0. The molecule has 0 radical (unpaired) electrons. The number of phenolic OH excluding ortho intramolecular Hbond substituents is 1. The molecule has 0 aliphatic rings. The lowest BCUT2D eigenvalue weighted by molar-refractivity contribution is 0.101. The summed E-state index contributed by atoms with van der Waals surface area (Å²) < 4.78 is 0. The summed E-state index contributed by atoms with van der Waals surface area (Å²) in [5, 5.41) is 10.00. The predicted molar refractivity (Wildman–Crippen MR) is 83.1 cm³/mol. The molecule has 0 unspecified atom stereocenters. The predicted octanol–water partition coefficient (Wildman–Crippen LogP) is 3.71. The van der Waals surface area contributed by atoms with Crippen LogP contribution in [0.4, 0.5) is 0 Å². The van der Waals surface area contributed by atoms with Gasteiger partial charge >= 0.3 is 0 Å². The number of benzene rings is 1. The number of phenols is 1. The van der Waals surface area contributed by atoms with Crippen LogP contribution in [0.2, 0.25) is 0 Å². The fourth-order valence-electron chi connectivity index (χ4n) is 2.41. The molecule has 0 aliphatic heterocycles. The Bertz CT molecular complexity index is 442. The summed E-state index contributed by atoms with van der Waals surface area (Å²) >= 11 is 0.